The standard InChI is InChI=1S/C13H19N3O5/c1-7(12(17)16-14)15-13(18)8-5-9(19-2)11(21-4)10(6-8)20-3/h5-7H,14H2,1-4H3,(H,15,18)(H,16,17)/t7-/m1/s1. The Morgan fingerprint density at radius 3 is 2.00 bits per heavy atom. The predicted molar refractivity (Wildman–Crippen MR) is 75.4 cm³/mol. The van der Waals surface area contributed by atoms with Gasteiger partial charge >= 0.3 is 0 Å². The van der Waals surface area contributed by atoms with Gasteiger partial charge in [-0.2, -0.15) is 0 Å². The maximum Gasteiger partial charge on any atom is 0.256 e. The van der Waals surface area contributed by atoms with E-state index in [1.54, 1.807) is 0 Å². The quantitative estimate of drug-likeness (QED) is 0.381. The number of amides is 2. The molecule has 21 heavy (non-hydrogen) atoms. The lowest BCUT2D eigenvalue weighted by molar-refractivity contribution is -0.122. The molecule has 0 aliphatic heterocycles. The van der Waals surface area contributed by atoms with E-state index in [-0.39, 0.29) is 5.56 Å². The Morgan fingerprint density at radius 2 is 1.62 bits per heavy atom. The predicted octanol–water partition coefficient (Wildman–Crippen LogP) is -0.179. The van der Waals surface area contributed by atoms with E-state index < -0.39 is 17.9 Å². The normalized spacial score (nSPS) is 11.3. The molecule has 0 spiro atoms. The molecule has 8 heteroatoms. The Hall–Kier alpha value is -2.48. The van der Waals surface area contributed by atoms with Crippen LogP contribution in [0.5, 0.6) is 17.2 Å². The Kier molecular flexibility index (Phi) is 5.79. The molecule has 2 amide bonds. The largest absolute Gasteiger partial charge is 0.493 e. The van der Waals surface area contributed by atoms with Gasteiger partial charge in [0.1, 0.15) is 6.04 Å². The third kappa shape index (κ3) is 3.76. The van der Waals surface area contributed by atoms with Gasteiger partial charge in [-0.15, -0.1) is 0 Å². The van der Waals surface area contributed by atoms with Crippen molar-refractivity contribution in [1.82, 2.24) is 10.7 Å². The van der Waals surface area contributed by atoms with Crippen molar-refractivity contribution in [2.45, 2.75) is 13.0 Å². The first kappa shape index (κ1) is 16.6. The molecular formula is C13H19N3O5. The first-order valence-electron chi connectivity index (χ1n) is 6.09. The van der Waals surface area contributed by atoms with Gasteiger partial charge in [0, 0.05) is 5.56 Å². The van der Waals surface area contributed by atoms with Crippen LogP contribution in [-0.4, -0.2) is 39.2 Å². The monoisotopic (exact) mass is 297 g/mol. The molecule has 1 aromatic carbocycles. The Balaban J connectivity index is 3.07. The third-order valence-electron chi connectivity index (χ3n) is 2.81. The van der Waals surface area contributed by atoms with Crippen molar-refractivity contribution in [2.24, 2.45) is 5.84 Å². The molecule has 0 fully saturated rings. The lowest BCUT2D eigenvalue weighted by atomic mass is 10.1. The number of carbonyl (C=O) groups excluding carboxylic acids is 2. The summed E-state index contributed by atoms with van der Waals surface area (Å²) in [6.45, 7) is 1.51. The van der Waals surface area contributed by atoms with Gasteiger partial charge < -0.3 is 19.5 Å². The summed E-state index contributed by atoms with van der Waals surface area (Å²) in [5.74, 6) is 5.11. The minimum absolute atomic E-state index is 0.265. The molecule has 1 aromatic rings. The summed E-state index contributed by atoms with van der Waals surface area (Å²) < 4.78 is 15.5. The van der Waals surface area contributed by atoms with E-state index in [9.17, 15) is 9.59 Å². The molecule has 4 N–H and O–H groups in total. The van der Waals surface area contributed by atoms with Crippen molar-refractivity contribution in [1.29, 1.82) is 0 Å². The zero-order chi connectivity index (χ0) is 16.0. The number of methoxy groups -OCH3 is 3. The van der Waals surface area contributed by atoms with Crippen LogP contribution in [0.4, 0.5) is 0 Å². The summed E-state index contributed by atoms with van der Waals surface area (Å²) >= 11 is 0. The molecule has 0 heterocycles. The minimum Gasteiger partial charge on any atom is -0.493 e. The van der Waals surface area contributed by atoms with E-state index in [2.05, 4.69) is 5.32 Å². The van der Waals surface area contributed by atoms with Crippen molar-refractivity contribution in [3.8, 4) is 17.2 Å². The maximum atomic E-state index is 12.1. The van der Waals surface area contributed by atoms with Crippen LogP contribution in [0.1, 0.15) is 17.3 Å². The number of hydrogen-bond donors (Lipinski definition) is 3. The molecule has 8 nitrogen and oxygen atoms in total. The van der Waals surface area contributed by atoms with Gasteiger partial charge in [0.05, 0.1) is 21.3 Å². The van der Waals surface area contributed by atoms with Gasteiger partial charge in [-0.1, -0.05) is 0 Å². The smallest absolute Gasteiger partial charge is 0.256 e. The van der Waals surface area contributed by atoms with Crippen LogP contribution in [0.25, 0.3) is 0 Å². The molecule has 0 saturated heterocycles. The van der Waals surface area contributed by atoms with Gasteiger partial charge in [-0.25, -0.2) is 5.84 Å². The summed E-state index contributed by atoms with van der Waals surface area (Å²) in [5.41, 5.74) is 2.23. The number of nitrogens with one attached hydrogen (secondary N) is 2. The second kappa shape index (κ2) is 7.34. The zero-order valence-electron chi connectivity index (χ0n) is 12.4. The molecule has 0 aromatic heterocycles. The van der Waals surface area contributed by atoms with Gasteiger partial charge in [0.2, 0.25) is 5.75 Å². The summed E-state index contributed by atoms with van der Waals surface area (Å²) in [4.78, 5) is 23.4. The highest BCUT2D eigenvalue weighted by Gasteiger charge is 2.20. The molecule has 0 aliphatic rings. The number of ether oxygens (including phenoxy) is 3. The summed E-state index contributed by atoms with van der Waals surface area (Å²) in [5, 5.41) is 2.50. The average Bonchev–Trinajstić information content (AvgIpc) is 2.51. The molecule has 0 radical (unpaired) electrons. The van der Waals surface area contributed by atoms with E-state index in [4.69, 9.17) is 20.1 Å². The topological polar surface area (TPSA) is 112 Å². The third-order valence-corrected chi connectivity index (χ3v) is 2.81. The lowest BCUT2D eigenvalue weighted by Gasteiger charge is -2.15. The van der Waals surface area contributed by atoms with Crippen LogP contribution >= 0.6 is 0 Å². The minimum atomic E-state index is -0.776. The number of nitrogens with two attached hydrogens (primary N) is 1. The first-order chi connectivity index (χ1) is 9.98. The summed E-state index contributed by atoms with van der Waals surface area (Å²) in [6, 6.07) is 2.20. The van der Waals surface area contributed by atoms with Crippen LogP contribution < -0.4 is 30.8 Å². The second-order valence-corrected chi connectivity index (χ2v) is 4.12. The fraction of sp³-hybridized carbons (Fsp3) is 0.385. The SMILES string of the molecule is COc1cc(C(=O)N[C@H](C)C(=O)NN)cc(OC)c1OC. The molecule has 0 unspecified atom stereocenters. The van der Waals surface area contributed by atoms with E-state index in [1.807, 2.05) is 5.43 Å². The number of rotatable bonds is 6. The fourth-order valence-electron chi connectivity index (χ4n) is 1.68. The number of hydrazine groups is 1. The molecule has 1 atom stereocenters. The van der Waals surface area contributed by atoms with Crippen LogP contribution in [0, 0.1) is 0 Å². The number of hydrogen-bond acceptors (Lipinski definition) is 6. The van der Waals surface area contributed by atoms with E-state index in [0.29, 0.717) is 17.2 Å². The van der Waals surface area contributed by atoms with Gasteiger partial charge in [-0.05, 0) is 19.1 Å². The molecular weight excluding hydrogens is 278 g/mol. The van der Waals surface area contributed by atoms with E-state index in [0.717, 1.165) is 0 Å². The highest BCUT2D eigenvalue weighted by atomic mass is 16.5. The van der Waals surface area contributed by atoms with Crippen LogP contribution in [0.3, 0.4) is 0 Å². The van der Waals surface area contributed by atoms with E-state index in [1.165, 1.54) is 40.4 Å². The summed E-state index contributed by atoms with van der Waals surface area (Å²) in [6.07, 6.45) is 0. The summed E-state index contributed by atoms with van der Waals surface area (Å²) in [7, 11) is 4.36. The molecule has 116 valence electrons. The lowest BCUT2D eigenvalue weighted by Crippen LogP contribution is -2.47. The van der Waals surface area contributed by atoms with Crippen molar-refractivity contribution >= 4 is 11.8 Å². The van der Waals surface area contributed by atoms with Crippen LogP contribution in [0.15, 0.2) is 12.1 Å². The Bertz CT molecular complexity index is 508. The molecule has 1 rings (SSSR count). The van der Waals surface area contributed by atoms with Crippen molar-refractivity contribution in [2.75, 3.05) is 21.3 Å². The highest BCUT2D eigenvalue weighted by molar-refractivity contribution is 5.98. The Labute approximate surface area is 122 Å². The van der Waals surface area contributed by atoms with Crippen molar-refractivity contribution in [3.63, 3.8) is 0 Å². The van der Waals surface area contributed by atoms with Gasteiger partial charge in [0.25, 0.3) is 11.8 Å². The van der Waals surface area contributed by atoms with E-state index >= 15 is 0 Å². The maximum absolute atomic E-state index is 12.1. The molecule has 0 bridgehead atoms. The van der Waals surface area contributed by atoms with Gasteiger partial charge in [0.15, 0.2) is 11.5 Å². The number of carbonyl (C=O) groups is 2. The fourth-order valence-corrected chi connectivity index (χ4v) is 1.68. The average molecular weight is 297 g/mol. The Morgan fingerprint density at radius 1 is 1.10 bits per heavy atom. The molecule has 0 aliphatic carbocycles. The molecule has 0 saturated carbocycles. The first-order valence-corrected chi connectivity index (χ1v) is 6.09. The number of benzene rings is 1. The second-order valence-electron chi connectivity index (χ2n) is 4.12. The highest BCUT2D eigenvalue weighted by Crippen LogP contribution is 2.38. The van der Waals surface area contributed by atoms with Crippen molar-refractivity contribution < 1.29 is 23.8 Å². The van der Waals surface area contributed by atoms with Crippen molar-refractivity contribution in [3.05, 3.63) is 17.7 Å². The van der Waals surface area contributed by atoms with Crippen LogP contribution in [0.2, 0.25) is 0 Å². The zero-order valence-corrected chi connectivity index (χ0v) is 12.4. The van der Waals surface area contributed by atoms with Crippen LogP contribution in [-0.2, 0) is 4.79 Å². The van der Waals surface area contributed by atoms with Gasteiger partial charge in [-0.3, -0.25) is 15.0 Å².